The summed E-state index contributed by atoms with van der Waals surface area (Å²) in [7, 11) is 3.95. The highest BCUT2D eigenvalue weighted by atomic mass is 16.5. The van der Waals surface area contributed by atoms with Crippen LogP contribution in [0, 0.1) is 0 Å². The van der Waals surface area contributed by atoms with Crippen LogP contribution in [-0.2, 0) is 4.74 Å². The third kappa shape index (κ3) is 3.66. The van der Waals surface area contributed by atoms with Crippen LogP contribution in [0.1, 0.15) is 23.7 Å². The fourth-order valence-electron chi connectivity index (χ4n) is 1.34. The maximum Gasteiger partial charge on any atom is 0.188 e. The number of benzene rings is 1. The molecule has 0 aliphatic heterocycles. The van der Waals surface area contributed by atoms with E-state index >= 15 is 0 Å². The van der Waals surface area contributed by atoms with Gasteiger partial charge in [-0.05, 0) is 30.7 Å². The molecule has 0 aliphatic rings. The van der Waals surface area contributed by atoms with Gasteiger partial charge in [0.25, 0.3) is 0 Å². The number of Topliss-reactive ketones (excluding diaryl/α,β-unsaturated/α-hetero) is 1. The molecule has 0 N–H and O–H groups in total. The van der Waals surface area contributed by atoms with Gasteiger partial charge in [-0.25, -0.2) is 0 Å². The van der Waals surface area contributed by atoms with E-state index in [9.17, 15) is 4.79 Å². The van der Waals surface area contributed by atoms with Gasteiger partial charge in [-0.2, -0.15) is 0 Å². The van der Waals surface area contributed by atoms with Crippen molar-refractivity contribution in [2.24, 2.45) is 0 Å². The van der Waals surface area contributed by atoms with E-state index in [1.54, 1.807) is 0 Å². The Labute approximate surface area is 97.0 Å². The highest BCUT2D eigenvalue weighted by molar-refractivity contribution is 5.97. The van der Waals surface area contributed by atoms with Crippen molar-refractivity contribution in [1.82, 2.24) is 0 Å². The summed E-state index contributed by atoms with van der Waals surface area (Å²) >= 11 is 0. The van der Waals surface area contributed by atoms with Crippen molar-refractivity contribution < 1.29 is 9.53 Å². The van der Waals surface area contributed by atoms with Crippen molar-refractivity contribution in [3.8, 4) is 0 Å². The molecule has 1 rings (SSSR count). The molecule has 0 saturated carbocycles. The molecule has 16 heavy (non-hydrogen) atoms. The van der Waals surface area contributed by atoms with E-state index in [1.807, 2.05) is 50.2 Å². The summed E-state index contributed by atoms with van der Waals surface area (Å²) in [4.78, 5) is 13.7. The molecule has 3 heteroatoms. The van der Waals surface area contributed by atoms with E-state index in [0.717, 1.165) is 12.1 Å². The molecule has 3 nitrogen and oxygen atoms in total. The maximum atomic E-state index is 11.7. The van der Waals surface area contributed by atoms with Crippen molar-refractivity contribution in [2.75, 3.05) is 32.2 Å². The monoisotopic (exact) mass is 221 g/mol. The molecule has 0 heterocycles. The van der Waals surface area contributed by atoms with Gasteiger partial charge in [0.1, 0.15) is 6.61 Å². The first-order chi connectivity index (χ1) is 7.65. The molecule has 0 aromatic heterocycles. The Kier molecular flexibility index (Phi) is 4.99. The van der Waals surface area contributed by atoms with Gasteiger partial charge in [0.15, 0.2) is 5.78 Å². The lowest BCUT2D eigenvalue weighted by molar-refractivity contribution is 0.0761. The Morgan fingerprint density at radius 1 is 1.25 bits per heavy atom. The second kappa shape index (κ2) is 6.28. The van der Waals surface area contributed by atoms with Crippen molar-refractivity contribution in [1.29, 1.82) is 0 Å². The number of hydrogen-bond acceptors (Lipinski definition) is 3. The summed E-state index contributed by atoms with van der Waals surface area (Å²) in [5.74, 6) is 0.0405. The Morgan fingerprint density at radius 3 is 2.38 bits per heavy atom. The van der Waals surface area contributed by atoms with Crippen molar-refractivity contribution in [3.05, 3.63) is 29.8 Å². The van der Waals surface area contributed by atoms with Gasteiger partial charge in [-0.3, -0.25) is 4.79 Å². The van der Waals surface area contributed by atoms with Crippen LogP contribution in [0.3, 0.4) is 0 Å². The second-order valence-corrected chi connectivity index (χ2v) is 3.92. The molecule has 0 saturated heterocycles. The molecule has 1 aromatic rings. The summed E-state index contributed by atoms with van der Waals surface area (Å²) in [5.41, 5.74) is 1.80. The quantitative estimate of drug-likeness (QED) is 0.545. The number of rotatable bonds is 6. The largest absolute Gasteiger partial charge is 0.378 e. The number of carbonyl (C=O) groups is 1. The zero-order chi connectivity index (χ0) is 12.0. The summed E-state index contributed by atoms with van der Waals surface area (Å²) in [5, 5.41) is 0. The van der Waals surface area contributed by atoms with E-state index in [0.29, 0.717) is 12.2 Å². The van der Waals surface area contributed by atoms with Crippen LogP contribution in [0.15, 0.2) is 24.3 Å². The minimum atomic E-state index is 0.0405. The molecule has 0 unspecified atom stereocenters. The fraction of sp³-hybridized carbons (Fsp3) is 0.462. The van der Waals surface area contributed by atoms with Gasteiger partial charge in [0, 0.05) is 32.0 Å². The first-order valence-electron chi connectivity index (χ1n) is 5.53. The van der Waals surface area contributed by atoms with Crippen LogP contribution in [0.25, 0.3) is 0 Å². The van der Waals surface area contributed by atoms with Gasteiger partial charge in [0.05, 0.1) is 0 Å². The molecule has 0 aliphatic carbocycles. The van der Waals surface area contributed by atoms with Gasteiger partial charge < -0.3 is 9.64 Å². The molecule has 0 atom stereocenters. The molecule has 0 amide bonds. The van der Waals surface area contributed by atoms with Crippen LogP contribution < -0.4 is 4.90 Å². The fourth-order valence-corrected chi connectivity index (χ4v) is 1.34. The van der Waals surface area contributed by atoms with E-state index in [4.69, 9.17) is 4.74 Å². The molecule has 0 fully saturated rings. The highest BCUT2D eigenvalue weighted by Crippen LogP contribution is 2.12. The third-order valence-electron chi connectivity index (χ3n) is 2.29. The third-order valence-corrected chi connectivity index (χ3v) is 2.29. The first-order valence-corrected chi connectivity index (χ1v) is 5.53. The zero-order valence-electron chi connectivity index (χ0n) is 10.2. The molecule has 0 bridgehead atoms. The predicted molar refractivity (Wildman–Crippen MR) is 66.2 cm³/mol. The van der Waals surface area contributed by atoms with E-state index in [1.165, 1.54) is 0 Å². The van der Waals surface area contributed by atoms with E-state index < -0.39 is 0 Å². The minimum Gasteiger partial charge on any atom is -0.378 e. The summed E-state index contributed by atoms with van der Waals surface area (Å²) in [6.07, 6.45) is 0.937. The Morgan fingerprint density at radius 2 is 1.88 bits per heavy atom. The van der Waals surface area contributed by atoms with Gasteiger partial charge >= 0.3 is 0 Å². The molecule has 1 aromatic carbocycles. The van der Waals surface area contributed by atoms with Crippen LogP contribution >= 0.6 is 0 Å². The minimum absolute atomic E-state index is 0.0405. The predicted octanol–water partition coefficient (Wildman–Crippen LogP) is 2.36. The maximum absolute atomic E-state index is 11.7. The van der Waals surface area contributed by atoms with E-state index in [-0.39, 0.29) is 12.4 Å². The molecular formula is C13H19NO2. The molecular weight excluding hydrogens is 202 g/mol. The summed E-state index contributed by atoms with van der Waals surface area (Å²) in [6.45, 7) is 2.84. The summed E-state index contributed by atoms with van der Waals surface area (Å²) in [6, 6.07) is 7.56. The van der Waals surface area contributed by atoms with Gasteiger partial charge in [-0.1, -0.05) is 6.92 Å². The lowest BCUT2D eigenvalue weighted by Crippen LogP contribution is -2.11. The average Bonchev–Trinajstić information content (AvgIpc) is 2.29. The number of carbonyl (C=O) groups excluding carboxylic acids is 1. The molecule has 0 radical (unpaired) electrons. The standard InChI is InChI=1S/C13H19NO2/c1-4-9-16-10-13(15)11-5-7-12(8-6-11)14(2)3/h5-8H,4,9-10H2,1-3H3. The number of ketones is 1. The first kappa shape index (κ1) is 12.7. The van der Waals surface area contributed by atoms with Gasteiger partial charge in [-0.15, -0.1) is 0 Å². The van der Waals surface area contributed by atoms with E-state index in [2.05, 4.69) is 0 Å². The van der Waals surface area contributed by atoms with Crippen LogP contribution in [0.5, 0.6) is 0 Å². The number of nitrogens with zero attached hydrogens (tertiary/aromatic N) is 1. The van der Waals surface area contributed by atoms with Crippen LogP contribution in [0.4, 0.5) is 5.69 Å². The second-order valence-electron chi connectivity index (χ2n) is 3.92. The lowest BCUT2D eigenvalue weighted by Gasteiger charge is -2.12. The Bertz CT molecular complexity index is 330. The van der Waals surface area contributed by atoms with Crippen LogP contribution in [0.2, 0.25) is 0 Å². The van der Waals surface area contributed by atoms with Crippen LogP contribution in [-0.4, -0.2) is 33.1 Å². The average molecular weight is 221 g/mol. The van der Waals surface area contributed by atoms with Crippen molar-refractivity contribution >= 4 is 11.5 Å². The SMILES string of the molecule is CCCOCC(=O)c1ccc(N(C)C)cc1. The molecule has 0 spiro atoms. The van der Waals surface area contributed by atoms with Gasteiger partial charge in [0.2, 0.25) is 0 Å². The number of hydrogen-bond donors (Lipinski definition) is 0. The number of ether oxygens (including phenoxy) is 1. The highest BCUT2D eigenvalue weighted by Gasteiger charge is 2.05. The Balaban J connectivity index is 2.56. The Hall–Kier alpha value is -1.35. The zero-order valence-corrected chi connectivity index (χ0v) is 10.2. The summed E-state index contributed by atoms with van der Waals surface area (Å²) < 4.78 is 5.22. The smallest absolute Gasteiger partial charge is 0.188 e. The number of anilines is 1. The lowest BCUT2D eigenvalue weighted by atomic mass is 10.1. The van der Waals surface area contributed by atoms with Crippen molar-refractivity contribution in [2.45, 2.75) is 13.3 Å². The topological polar surface area (TPSA) is 29.5 Å². The molecule has 88 valence electrons. The normalized spacial score (nSPS) is 10.2. The van der Waals surface area contributed by atoms with Crippen molar-refractivity contribution in [3.63, 3.8) is 0 Å².